The Kier molecular flexibility index (Phi) is 8.61. The predicted octanol–water partition coefficient (Wildman–Crippen LogP) is 4.87. The van der Waals surface area contributed by atoms with E-state index < -0.39 is 5.97 Å². The van der Waals surface area contributed by atoms with E-state index in [1.807, 2.05) is 31.3 Å². The third-order valence-electron chi connectivity index (χ3n) is 6.60. The van der Waals surface area contributed by atoms with Gasteiger partial charge in [0.15, 0.2) is 5.13 Å². The summed E-state index contributed by atoms with van der Waals surface area (Å²) in [6.07, 6.45) is 1.98. The Bertz CT molecular complexity index is 1170. The fourth-order valence-electron chi connectivity index (χ4n) is 4.82. The number of benzene rings is 2. The number of carboxylic acid groups (broad SMARTS) is 1. The largest absolute Gasteiger partial charge is 0.492 e. The van der Waals surface area contributed by atoms with Crippen molar-refractivity contribution < 1.29 is 19.4 Å². The Balaban J connectivity index is 1.34. The molecule has 0 amide bonds. The summed E-state index contributed by atoms with van der Waals surface area (Å²) in [7, 11) is 1.71. The van der Waals surface area contributed by atoms with E-state index in [2.05, 4.69) is 47.9 Å². The number of carbonyl (C=O) groups is 1. The van der Waals surface area contributed by atoms with Gasteiger partial charge in [0, 0.05) is 45.0 Å². The summed E-state index contributed by atoms with van der Waals surface area (Å²) in [5, 5.41) is 10.1. The summed E-state index contributed by atoms with van der Waals surface area (Å²) in [5.74, 6) is -0.0742. The van der Waals surface area contributed by atoms with Gasteiger partial charge in [0.1, 0.15) is 12.4 Å². The number of methoxy groups -OCH3 is 1. The van der Waals surface area contributed by atoms with Crippen molar-refractivity contribution in [3.63, 3.8) is 0 Å². The van der Waals surface area contributed by atoms with Gasteiger partial charge in [0.2, 0.25) is 0 Å². The number of piperazine rings is 1. The topological polar surface area (TPSA) is 75.1 Å². The molecule has 2 atom stereocenters. The van der Waals surface area contributed by atoms with Crippen LogP contribution in [0.2, 0.25) is 0 Å². The second kappa shape index (κ2) is 11.9. The minimum atomic E-state index is -0.836. The van der Waals surface area contributed by atoms with Gasteiger partial charge in [-0.2, -0.15) is 0 Å². The van der Waals surface area contributed by atoms with Gasteiger partial charge < -0.3 is 19.5 Å². The minimum absolute atomic E-state index is 0.00370. The number of hydrogen-bond acceptors (Lipinski definition) is 7. The first-order valence-corrected chi connectivity index (χ1v) is 13.1. The summed E-state index contributed by atoms with van der Waals surface area (Å²) in [4.78, 5) is 21.8. The van der Waals surface area contributed by atoms with E-state index in [4.69, 9.17) is 19.6 Å². The molecule has 1 fully saturated rings. The zero-order chi connectivity index (χ0) is 25.7. The zero-order valence-corrected chi connectivity index (χ0v) is 22.3. The van der Waals surface area contributed by atoms with E-state index in [0.29, 0.717) is 25.3 Å². The highest BCUT2D eigenvalue weighted by Gasteiger charge is 2.30. The molecule has 0 radical (unpaired) electrons. The first-order chi connectivity index (χ1) is 17.3. The first kappa shape index (κ1) is 26.1. The van der Waals surface area contributed by atoms with Gasteiger partial charge in [-0.05, 0) is 55.2 Å². The fourth-order valence-corrected chi connectivity index (χ4v) is 5.76. The third-order valence-corrected chi connectivity index (χ3v) is 7.71. The van der Waals surface area contributed by atoms with Gasteiger partial charge in [-0.15, -0.1) is 0 Å². The van der Waals surface area contributed by atoms with Crippen LogP contribution in [0.15, 0.2) is 48.7 Å². The van der Waals surface area contributed by atoms with Crippen LogP contribution in [-0.2, 0) is 22.6 Å². The molecular formula is C28H35N3O4S. The van der Waals surface area contributed by atoms with Crippen molar-refractivity contribution in [1.29, 1.82) is 0 Å². The quantitative estimate of drug-likeness (QED) is 0.418. The smallest absolute Gasteiger partial charge is 0.307 e. The summed E-state index contributed by atoms with van der Waals surface area (Å²) >= 11 is 1.74. The summed E-state index contributed by atoms with van der Waals surface area (Å²) in [6.45, 7) is 10.3. The molecule has 3 aromatic rings. The number of anilines is 1. The average molecular weight is 510 g/mol. The molecule has 8 heteroatoms. The molecule has 0 aliphatic carbocycles. The molecule has 0 saturated carbocycles. The molecule has 0 spiro atoms. The summed E-state index contributed by atoms with van der Waals surface area (Å²) in [6, 6.07) is 14.8. The number of ether oxygens (including phenoxy) is 2. The maximum Gasteiger partial charge on any atom is 0.307 e. The number of hydrogen-bond donors (Lipinski definition) is 1. The molecule has 1 aromatic heterocycles. The van der Waals surface area contributed by atoms with Crippen LogP contribution in [0.3, 0.4) is 0 Å². The van der Waals surface area contributed by atoms with Gasteiger partial charge in [0.05, 0.1) is 17.9 Å². The lowest BCUT2D eigenvalue weighted by Gasteiger charge is -2.44. The van der Waals surface area contributed by atoms with Gasteiger partial charge in [0.25, 0.3) is 0 Å². The van der Waals surface area contributed by atoms with Crippen LogP contribution in [0, 0.1) is 6.92 Å². The molecule has 0 bridgehead atoms. The van der Waals surface area contributed by atoms with E-state index in [1.165, 1.54) is 10.4 Å². The van der Waals surface area contributed by atoms with E-state index in [9.17, 15) is 4.79 Å². The lowest BCUT2D eigenvalue weighted by Crippen LogP contribution is -2.57. The van der Waals surface area contributed by atoms with Crippen LogP contribution in [0.25, 0.3) is 10.4 Å². The first-order valence-electron chi connectivity index (χ1n) is 12.3. The SMILES string of the molecule is COCc1cccc(-c2cnc(N3C[C@@H](C)N(CCOc4cc(CC(=O)O)ccc4C)[C@@H](C)C3)s2)c1. The van der Waals surface area contributed by atoms with Crippen molar-refractivity contribution in [2.75, 3.05) is 38.3 Å². The van der Waals surface area contributed by atoms with Crippen molar-refractivity contribution in [3.8, 4) is 16.2 Å². The lowest BCUT2D eigenvalue weighted by molar-refractivity contribution is -0.136. The molecule has 1 N–H and O–H groups in total. The van der Waals surface area contributed by atoms with Crippen LogP contribution >= 0.6 is 11.3 Å². The average Bonchev–Trinajstić information content (AvgIpc) is 3.33. The van der Waals surface area contributed by atoms with Crippen molar-refractivity contribution >= 4 is 22.4 Å². The standard InChI is InChI=1S/C28H35N3O4S/c1-19-8-9-22(14-27(32)33)13-25(19)35-11-10-31-20(2)16-30(17-21(31)3)28-29-15-26(36-28)24-7-5-6-23(12-24)18-34-4/h5-9,12-13,15,20-21H,10-11,14,16-18H2,1-4H3,(H,32,33)/t20-,21+. The molecule has 0 unspecified atom stereocenters. The maximum absolute atomic E-state index is 11.0. The van der Waals surface area contributed by atoms with Crippen molar-refractivity contribution in [1.82, 2.24) is 9.88 Å². The lowest BCUT2D eigenvalue weighted by atomic mass is 10.1. The minimum Gasteiger partial charge on any atom is -0.492 e. The molecule has 1 aliphatic rings. The Morgan fingerprint density at radius 3 is 2.64 bits per heavy atom. The zero-order valence-electron chi connectivity index (χ0n) is 21.4. The monoisotopic (exact) mass is 509 g/mol. The highest BCUT2D eigenvalue weighted by atomic mass is 32.1. The van der Waals surface area contributed by atoms with Crippen LogP contribution < -0.4 is 9.64 Å². The third kappa shape index (κ3) is 6.43. The number of aliphatic carboxylic acids is 1. The molecular weight excluding hydrogens is 474 g/mol. The summed E-state index contributed by atoms with van der Waals surface area (Å²) in [5.41, 5.74) is 4.11. The second-order valence-electron chi connectivity index (χ2n) is 9.50. The normalized spacial score (nSPS) is 18.4. The van der Waals surface area contributed by atoms with E-state index in [-0.39, 0.29) is 6.42 Å². The molecule has 2 aromatic carbocycles. The number of rotatable bonds is 10. The van der Waals surface area contributed by atoms with Crippen molar-refractivity contribution in [3.05, 3.63) is 65.4 Å². The van der Waals surface area contributed by atoms with Crippen LogP contribution in [-0.4, -0.2) is 66.4 Å². The second-order valence-corrected chi connectivity index (χ2v) is 10.5. The molecule has 36 heavy (non-hydrogen) atoms. The summed E-state index contributed by atoms with van der Waals surface area (Å²) < 4.78 is 11.4. The number of aryl methyl sites for hydroxylation is 1. The van der Waals surface area contributed by atoms with Gasteiger partial charge in [-0.1, -0.05) is 41.7 Å². The van der Waals surface area contributed by atoms with Gasteiger partial charge in [-0.25, -0.2) is 4.98 Å². The van der Waals surface area contributed by atoms with E-state index >= 15 is 0 Å². The number of aromatic nitrogens is 1. The molecule has 1 aliphatic heterocycles. The Morgan fingerprint density at radius 2 is 1.92 bits per heavy atom. The van der Waals surface area contributed by atoms with Gasteiger partial charge in [-0.3, -0.25) is 9.69 Å². The number of nitrogens with zero attached hydrogens (tertiary/aromatic N) is 3. The van der Waals surface area contributed by atoms with Crippen LogP contribution in [0.1, 0.15) is 30.5 Å². The number of carboxylic acids is 1. The highest BCUT2D eigenvalue weighted by Crippen LogP contribution is 2.33. The Labute approximate surface area is 217 Å². The molecule has 4 rings (SSSR count). The predicted molar refractivity (Wildman–Crippen MR) is 144 cm³/mol. The Morgan fingerprint density at radius 1 is 1.14 bits per heavy atom. The van der Waals surface area contributed by atoms with Crippen molar-refractivity contribution in [2.45, 2.75) is 45.9 Å². The molecule has 7 nitrogen and oxygen atoms in total. The molecule has 2 heterocycles. The molecule has 1 saturated heterocycles. The van der Waals surface area contributed by atoms with Crippen LogP contribution in [0.5, 0.6) is 5.75 Å². The van der Waals surface area contributed by atoms with Crippen LogP contribution in [0.4, 0.5) is 5.13 Å². The highest BCUT2D eigenvalue weighted by molar-refractivity contribution is 7.18. The molecule has 192 valence electrons. The maximum atomic E-state index is 11.0. The van der Waals surface area contributed by atoms with Crippen molar-refractivity contribution in [2.24, 2.45) is 0 Å². The Hall–Kier alpha value is -2.94. The van der Waals surface area contributed by atoms with E-state index in [1.54, 1.807) is 18.4 Å². The van der Waals surface area contributed by atoms with E-state index in [0.717, 1.165) is 47.2 Å². The fraction of sp³-hybridized carbons (Fsp3) is 0.429. The van der Waals surface area contributed by atoms with Gasteiger partial charge >= 0.3 is 5.97 Å². The number of thiazole rings is 1.